The molecule has 12 nitrogen and oxygen atoms in total. The molecule has 9 rings (SSSR count). The maximum atomic E-state index is 6.66. The van der Waals surface area contributed by atoms with Crippen molar-refractivity contribution < 1.29 is 56.8 Å². The van der Waals surface area contributed by atoms with Gasteiger partial charge in [0.15, 0.2) is 48.2 Å². The molecule has 4 heterocycles. The van der Waals surface area contributed by atoms with Gasteiger partial charge in [0.1, 0.15) is 0 Å². The van der Waals surface area contributed by atoms with Crippen molar-refractivity contribution in [3.8, 4) is 23.0 Å². The van der Waals surface area contributed by atoms with Crippen LogP contribution < -0.4 is 18.9 Å². The number of aryl methyl sites for hydroxylation is 4. The molecule has 0 saturated carbocycles. The fourth-order valence-corrected chi connectivity index (χ4v) is 9.39. The van der Waals surface area contributed by atoms with Crippen molar-refractivity contribution >= 4 is 0 Å². The minimum Gasteiger partial charge on any atom is -0.490 e. The topological polar surface area (TPSA) is 111 Å². The van der Waals surface area contributed by atoms with Crippen LogP contribution in [0.15, 0.2) is 109 Å². The Balaban J connectivity index is 0.916. The maximum absolute atomic E-state index is 6.66. The van der Waals surface area contributed by atoms with Gasteiger partial charge in [-0.2, -0.15) is 0 Å². The zero-order valence-electron chi connectivity index (χ0n) is 40.6. The molecule has 0 amide bonds. The Morgan fingerprint density at radius 3 is 0.743 bits per heavy atom. The molecule has 0 spiro atoms. The molecule has 4 aliphatic rings. The van der Waals surface area contributed by atoms with E-state index in [-0.39, 0.29) is 25.2 Å². The van der Waals surface area contributed by atoms with Crippen molar-refractivity contribution in [2.24, 2.45) is 0 Å². The van der Waals surface area contributed by atoms with Crippen molar-refractivity contribution in [2.45, 2.75) is 102 Å². The summed E-state index contributed by atoms with van der Waals surface area (Å²) in [6.45, 7) is 7.41. The lowest BCUT2D eigenvalue weighted by atomic mass is 10.0. The Morgan fingerprint density at radius 2 is 0.514 bits per heavy atom. The van der Waals surface area contributed by atoms with Crippen LogP contribution in [-0.4, -0.2) is 79.3 Å². The summed E-state index contributed by atoms with van der Waals surface area (Å²) in [6.07, 6.45) is 8.54. The van der Waals surface area contributed by atoms with Crippen LogP contribution in [0, 0.1) is 0 Å². The Bertz CT molecular complexity index is 2010. The van der Waals surface area contributed by atoms with Gasteiger partial charge in [0.2, 0.25) is 0 Å². The van der Waals surface area contributed by atoms with Gasteiger partial charge in [0.25, 0.3) is 0 Å². The second-order valence-electron chi connectivity index (χ2n) is 18.1. The summed E-state index contributed by atoms with van der Waals surface area (Å²) in [4.78, 5) is 0. The van der Waals surface area contributed by atoms with Gasteiger partial charge in [-0.3, -0.25) is 0 Å². The van der Waals surface area contributed by atoms with E-state index < -0.39 is 0 Å². The summed E-state index contributed by atoms with van der Waals surface area (Å²) in [5.74, 6) is 2.43. The van der Waals surface area contributed by atoms with Crippen molar-refractivity contribution in [1.82, 2.24) is 0 Å². The lowest BCUT2D eigenvalue weighted by molar-refractivity contribution is -0.183. The number of benzene rings is 5. The van der Waals surface area contributed by atoms with E-state index in [1.165, 1.54) is 22.3 Å². The first-order valence-electron chi connectivity index (χ1n) is 25.7. The van der Waals surface area contributed by atoms with E-state index >= 15 is 0 Å². The average molecular weight is 959 g/mol. The van der Waals surface area contributed by atoms with Crippen molar-refractivity contribution in [1.29, 1.82) is 0 Å². The molecule has 0 N–H and O–H groups in total. The normalized spacial score (nSPS) is 17.6. The Kier molecular flexibility index (Phi) is 19.3. The van der Waals surface area contributed by atoms with Crippen LogP contribution in [0.3, 0.4) is 0 Å². The van der Waals surface area contributed by atoms with Gasteiger partial charge in [0.05, 0.1) is 79.3 Å². The van der Waals surface area contributed by atoms with Crippen LogP contribution in [0.1, 0.15) is 121 Å². The summed E-state index contributed by atoms with van der Waals surface area (Å²) in [5.41, 5.74) is 9.07. The molecule has 4 saturated heterocycles. The van der Waals surface area contributed by atoms with Gasteiger partial charge in [-0.1, -0.05) is 97.1 Å². The molecule has 0 unspecified atom stereocenters. The van der Waals surface area contributed by atoms with Crippen LogP contribution >= 0.6 is 0 Å². The average Bonchev–Trinajstić information content (AvgIpc) is 3.43. The minimum atomic E-state index is -0.343. The third-order valence-corrected chi connectivity index (χ3v) is 12.9. The third-order valence-electron chi connectivity index (χ3n) is 12.9. The lowest BCUT2D eigenvalue weighted by Gasteiger charge is -2.25. The first-order chi connectivity index (χ1) is 34.8. The van der Waals surface area contributed by atoms with E-state index in [4.69, 9.17) is 56.8 Å². The second-order valence-corrected chi connectivity index (χ2v) is 18.1. The number of hydrogen-bond donors (Lipinski definition) is 0. The van der Waals surface area contributed by atoms with Gasteiger partial charge >= 0.3 is 0 Å². The smallest absolute Gasteiger partial charge is 0.184 e. The minimum absolute atomic E-state index is 0.343. The SMILES string of the molecule is c1ccc(C2OCCCO2)c(CCCOc2cc(OCCCc3ccccc3C3OCCCO3)c(OCCCc3ccccc3C3OCCCO3)cc2OCCCc2ccccc2C2OCCCO2)c1. The molecule has 0 bridgehead atoms. The highest BCUT2D eigenvalue weighted by molar-refractivity contribution is 5.54. The molecule has 4 fully saturated rings. The van der Waals surface area contributed by atoms with Crippen molar-refractivity contribution in [3.05, 3.63) is 154 Å². The Hall–Kier alpha value is -5.02. The molecule has 5 aromatic rings. The number of rotatable bonds is 24. The summed E-state index contributed by atoms with van der Waals surface area (Å²) < 4.78 is 74.6. The highest BCUT2D eigenvalue weighted by atomic mass is 16.7. The molecule has 12 heteroatoms. The molecule has 4 aliphatic heterocycles. The maximum Gasteiger partial charge on any atom is 0.184 e. The van der Waals surface area contributed by atoms with Gasteiger partial charge in [-0.15, -0.1) is 0 Å². The summed E-state index contributed by atoms with van der Waals surface area (Å²) in [5, 5.41) is 0. The Labute approximate surface area is 413 Å². The van der Waals surface area contributed by atoms with Gasteiger partial charge < -0.3 is 56.8 Å². The fraction of sp³-hybridized carbons (Fsp3) is 0.483. The molecular weight excluding hydrogens is 889 g/mol. The predicted molar refractivity (Wildman–Crippen MR) is 265 cm³/mol. The highest BCUT2D eigenvalue weighted by Crippen LogP contribution is 2.41. The first kappa shape index (κ1) is 49.9. The number of hydrogen-bond acceptors (Lipinski definition) is 12. The fourth-order valence-electron chi connectivity index (χ4n) is 9.39. The molecule has 0 atom stereocenters. The zero-order valence-corrected chi connectivity index (χ0v) is 40.6. The summed E-state index contributed by atoms with van der Waals surface area (Å²) in [7, 11) is 0. The Morgan fingerprint density at radius 1 is 0.300 bits per heavy atom. The van der Waals surface area contributed by atoms with E-state index in [0.717, 1.165) is 99.3 Å². The third kappa shape index (κ3) is 14.1. The standard InChI is InChI=1S/C58H70O12/c1-5-25-47(55-63-33-13-34-64-55)43(17-1)21-9-29-59-51-41-53(61-31-11-23-45-19-3-7-27-49(45)57-67-37-15-38-68-57)54(62-32-12-24-46-20-4-8-28-50(46)58-69-39-16-40-70-58)42-52(51)60-30-10-22-44-18-2-6-26-48(44)56-65-35-14-36-66-56/h1-8,17-20,25-28,41-42,55-58H,9-16,21-24,29-40H2. The largest absolute Gasteiger partial charge is 0.490 e. The molecule has 0 radical (unpaired) electrons. The quantitative estimate of drug-likeness (QED) is 0.0549. The van der Waals surface area contributed by atoms with Gasteiger partial charge in [-0.25, -0.2) is 0 Å². The van der Waals surface area contributed by atoms with Crippen molar-refractivity contribution in [3.63, 3.8) is 0 Å². The van der Waals surface area contributed by atoms with Crippen LogP contribution in [0.2, 0.25) is 0 Å². The predicted octanol–water partition coefficient (Wildman–Crippen LogP) is 11.5. The second kappa shape index (κ2) is 27.0. The monoisotopic (exact) mass is 958 g/mol. The van der Waals surface area contributed by atoms with E-state index in [1.807, 2.05) is 36.4 Å². The van der Waals surface area contributed by atoms with Gasteiger partial charge in [-0.05, 0) is 99.3 Å². The van der Waals surface area contributed by atoms with E-state index in [9.17, 15) is 0 Å². The summed E-state index contributed by atoms with van der Waals surface area (Å²) in [6, 6.07) is 37.3. The first-order valence-corrected chi connectivity index (χ1v) is 25.7. The van der Waals surface area contributed by atoms with Crippen molar-refractivity contribution in [2.75, 3.05) is 79.3 Å². The van der Waals surface area contributed by atoms with Crippen LogP contribution in [-0.2, 0) is 63.6 Å². The molecule has 0 aromatic heterocycles. The van der Waals surface area contributed by atoms with Gasteiger partial charge in [0, 0.05) is 34.4 Å². The molecule has 374 valence electrons. The highest BCUT2D eigenvalue weighted by Gasteiger charge is 2.24. The lowest BCUT2D eigenvalue weighted by Crippen LogP contribution is -2.19. The molecular formula is C58H70O12. The van der Waals surface area contributed by atoms with E-state index in [0.29, 0.717) is 102 Å². The zero-order chi connectivity index (χ0) is 47.4. The molecule has 0 aliphatic carbocycles. The van der Waals surface area contributed by atoms with Crippen LogP contribution in [0.4, 0.5) is 0 Å². The summed E-state index contributed by atoms with van der Waals surface area (Å²) >= 11 is 0. The van der Waals surface area contributed by atoms with Crippen LogP contribution in [0.5, 0.6) is 23.0 Å². The van der Waals surface area contributed by atoms with E-state index in [2.05, 4.69) is 72.8 Å². The molecule has 70 heavy (non-hydrogen) atoms. The van der Waals surface area contributed by atoms with E-state index in [1.54, 1.807) is 0 Å². The number of ether oxygens (including phenoxy) is 12. The van der Waals surface area contributed by atoms with Crippen LogP contribution in [0.25, 0.3) is 0 Å². The molecule has 5 aromatic carbocycles.